The maximum atomic E-state index is 10.1. The van der Waals surface area contributed by atoms with Gasteiger partial charge in [0.1, 0.15) is 0 Å². The third kappa shape index (κ3) is 2.72. The van der Waals surface area contributed by atoms with E-state index >= 15 is 0 Å². The minimum atomic E-state index is -0.282. The molecule has 18 heavy (non-hydrogen) atoms. The largest absolute Gasteiger partial charge is 0.390 e. The van der Waals surface area contributed by atoms with Crippen LogP contribution in [0, 0.1) is 10.8 Å². The Balaban J connectivity index is 1.68. The van der Waals surface area contributed by atoms with Crippen LogP contribution in [0.15, 0.2) is 0 Å². The Kier molecular flexibility index (Phi) is 4.02. The zero-order valence-corrected chi connectivity index (χ0v) is 12.2. The molecule has 0 aromatic carbocycles. The third-order valence-corrected chi connectivity index (χ3v) is 5.15. The number of nitrogens with zero attached hydrogens (tertiary/aromatic N) is 1. The summed E-state index contributed by atoms with van der Waals surface area (Å²) in [5, 5.41) is 13.6. The summed E-state index contributed by atoms with van der Waals surface area (Å²) in [7, 11) is 0. The Bertz CT molecular complexity index is 272. The number of nitrogens with one attached hydrogen (secondary N) is 1. The Morgan fingerprint density at radius 2 is 1.78 bits per heavy atom. The average molecular weight is 256 g/mol. The maximum absolute atomic E-state index is 10.1. The molecule has 0 aromatic rings. The second-order valence-electron chi connectivity index (χ2n) is 6.85. The van der Waals surface area contributed by atoms with E-state index in [1.807, 2.05) is 0 Å². The van der Waals surface area contributed by atoms with E-state index in [1.165, 1.54) is 0 Å². The minimum Gasteiger partial charge on any atom is -0.390 e. The molecule has 2 fully saturated rings. The van der Waals surface area contributed by atoms with Crippen LogP contribution < -0.4 is 5.32 Å². The van der Waals surface area contributed by atoms with Gasteiger partial charge >= 0.3 is 0 Å². The van der Waals surface area contributed by atoms with Crippen LogP contribution in [-0.2, 0) is 4.74 Å². The Hall–Kier alpha value is -0.160. The summed E-state index contributed by atoms with van der Waals surface area (Å²) >= 11 is 0. The first-order valence-electron chi connectivity index (χ1n) is 7.07. The summed E-state index contributed by atoms with van der Waals surface area (Å²) < 4.78 is 5.31. The molecule has 0 spiro atoms. The lowest BCUT2D eigenvalue weighted by Gasteiger charge is -2.28. The van der Waals surface area contributed by atoms with Gasteiger partial charge in [-0.25, -0.2) is 0 Å². The summed E-state index contributed by atoms with van der Waals surface area (Å²) in [6, 6.07) is 0.518. The minimum absolute atomic E-state index is 0.282. The van der Waals surface area contributed by atoms with E-state index in [4.69, 9.17) is 4.74 Å². The van der Waals surface area contributed by atoms with Crippen molar-refractivity contribution in [3.05, 3.63) is 0 Å². The molecule has 1 saturated carbocycles. The molecular formula is C14H28N2O2. The molecule has 1 saturated heterocycles. The Labute approximate surface area is 111 Å². The van der Waals surface area contributed by atoms with Crippen LogP contribution >= 0.6 is 0 Å². The van der Waals surface area contributed by atoms with Crippen molar-refractivity contribution in [3.8, 4) is 0 Å². The highest BCUT2D eigenvalue weighted by molar-refractivity contribution is 5.17. The summed E-state index contributed by atoms with van der Waals surface area (Å²) in [5.41, 5.74) is 0.678. The summed E-state index contributed by atoms with van der Waals surface area (Å²) in [5.74, 6) is 0. The molecule has 1 unspecified atom stereocenters. The zero-order chi connectivity index (χ0) is 13.4. The molecule has 0 aromatic heterocycles. The average Bonchev–Trinajstić information content (AvgIpc) is 2.68. The smallest absolute Gasteiger partial charge is 0.0791 e. The molecule has 4 nitrogen and oxygen atoms in total. The van der Waals surface area contributed by atoms with Gasteiger partial charge in [-0.15, -0.1) is 0 Å². The fourth-order valence-electron chi connectivity index (χ4n) is 3.11. The van der Waals surface area contributed by atoms with Gasteiger partial charge in [0, 0.05) is 32.2 Å². The lowest BCUT2D eigenvalue weighted by Crippen LogP contribution is -2.44. The highest BCUT2D eigenvalue weighted by Crippen LogP contribution is 2.62. The van der Waals surface area contributed by atoms with E-state index in [2.05, 4.69) is 37.9 Å². The van der Waals surface area contributed by atoms with Gasteiger partial charge in [0.2, 0.25) is 0 Å². The van der Waals surface area contributed by atoms with Crippen molar-refractivity contribution < 1.29 is 9.84 Å². The second-order valence-corrected chi connectivity index (χ2v) is 6.85. The first-order valence-corrected chi connectivity index (χ1v) is 7.07. The SMILES string of the molecule is CC1(C)C(NCC(O)CN2CCOCC2)C1(C)C. The number of hydrogen-bond donors (Lipinski definition) is 2. The molecule has 1 heterocycles. The third-order valence-electron chi connectivity index (χ3n) is 5.15. The van der Waals surface area contributed by atoms with Crippen LogP contribution in [0.2, 0.25) is 0 Å². The van der Waals surface area contributed by atoms with Gasteiger partial charge in [-0.05, 0) is 10.8 Å². The van der Waals surface area contributed by atoms with E-state index in [-0.39, 0.29) is 6.10 Å². The van der Waals surface area contributed by atoms with Gasteiger partial charge in [0.05, 0.1) is 19.3 Å². The summed E-state index contributed by atoms with van der Waals surface area (Å²) in [6.45, 7) is 14.1. The lowest BCUT2D eigenvalue weighted by molar-refractivity contribution is 0.0147. The monoisotopic (exact) mass is 256 g/mol. The van der Waals surface area contributed by atoms with E-state index in [0.29, 0.717) is 23.4 Å². The van der Waals surface area contributed by atoms with Crippen LogP contribution in [-0.4, -0.2) is 61.5 Å². The van der Waals surface area contributed by atoms with Gasteiger partial charge < -0.3 is 15.2 Å². The Morgan fingerprint density at radius 1 is 1.22 bits per heavy atom. The van der Waals surface area contributed by atoms with Crippen molar-refractivity contribution in [1.29, 1.82) is 0 Å². The molecule has 0 bridgehead atoms. The summed E-state index contributed by atoms with van der Waals surface area (Å²) in [6.07, 6.45) is -0.282. The van der Waals surface area contributed by atoms with Crippen molar-refractivity contribution in [1.82, 2.24) is 10.2 Å². The van der Waals surface area contributed by atoms with Crippen LogP contribution in [0.1, 0.15) is 27.7 Å². The van der Waals surface area contributed by atoms with Crippen LogP contribution in [0.3, 0.4) is 0 Å². The van der Waals surface area contributed by atoms with Crippen LogP contribution in [0.25, 0.3) is 0 Å². The van der Waals surface area contributed by atoms with Gasteiger partial charge in [0.25, 0.3) is 0 Å². The standard InChI is InChI=1S/C14H28N2O2/c1-13(2)12(14(13,3)4)15-9-11(17)10-16-5-7-18-8-6-16/h11-12,15,17H,5-10H2,1-4H3. The second kappa shape index (κ2) is 5.08. The molecule has 4 heteroatoms. The first-order chi connectivity index (χ1) is 8.35. The number of aliphatic hydroxyl groups is 1. The highest BCUT2D eigenvalue weighted by Gasteiger charge is 2.64. The quantitative estimate of drug-likeness (QED) is 0.760. The van der Waals surface area contributed by atoms with E-state index in [1.54, 1.807) is 0 Å². The molecule has 1 aliphatic heterocycles. The number of rotatable bonds is 5. The van der Waals surface area contributed by atoms with Crippen molar-refractivity contribution in [3.63, 3.8) is 0 Å². The zero-order valence-electron chi connectivity index (χ0n) is 12.2. The number of morpholine rings is 1. The first kappa shape index (κ1) is 14.3. The number of ether oxygens (including phenoxy) is 1. The topological polar surface area (TPSA) is 44.7 Å². The number of aliphatic hydroxyl groups excluding tert-OH is 1. The van der Waals surface area contributed by atoms with Gasteiger partial charge in [-0.1, -0.05) is 27.7 Å². The van der Waals surface area contributed by atoms with E-state index in [0.717, 1.165) is 32.8 Å². The van der Waals surface area contributed by atoms with Crippen molar-refractivity contribution >= 4 is 0 Å². The molecule has 2 rings (SSSR count). The molecular weight excluding hydrogens is 228 g/mol. The van der Waals surface area contributed by atoms with E-state index < -0.39 is 0 Å². The molecule has 2 aliphatic rings. The molecule has 2 N–H and O–H groups in total. The fourth-order valence-corrected chi connectivity index (χ4v) is 3.11. The lowest BCUT2D eigenvalue weighted by atomic mass is 10.0. The van der Waals surface area contributed by atoms with Crippen LogP contribution in [0.5, 0.6) is 0 Å². The van der Waals surface area contributed by atoms with Crippen LogP contribution in [0.4, 0.5) is 0 Å². The predicted octanol–water partition coefficient (Wildman–Crippen LogP) is 0.704. The van der Waals surface area contributed by atoms with Gasteiger partial charge in [0.15, 0.2) is 0 Å². The molecule has 106 valence electrons. The molecule has 1 atom stereocenters. The van der Waals surface area contributed by atoms with Crippen molar-refractivity contribution in [2.45, 2.75) is 39.8 Å². The number of hydrogen-bond acceptors (Lipinski definition) is 4. The van der Waals surface area contributed by atoms with Gasteiger partial charge in [-0.3, -0.25) is 4.90 Å². The van der Waals surface area contributed by atoms with Crippen molar-refractivity contribution in [2.75, 3.05) is 39.4 Å². The van der Waals surface area contributed by atoms with E-state index in [9.17, 15) is 5.11 Å². The molecule has 0 radical (unpaired) electrons. The molecule has 1 aliphatic carbocycles. The number of β-amino-alcohol motifs (C(OH)–C–C–N with tert-alkyl or cyclic N) is 1. The highest BCUT2D eigenvalue weighted by atomic mass is 16.5. The summed E-state index contributed by atoms with van der Waals surface area (Å²) in [4.78, 5) is 2.28. The van der Waals surface area contributed by atoms with Crippen molar-refractivity contribution in [2.24, 2.45) is 10.8 Å². The van der Waals surface area contributed by atoms with Gasteiger partial charge in [-0.2, -0.15) is 0 Å². The Morgan fingerprint density at radius 3 is 2.28 bits per heavy atom. The maximum Gasteiger partial charge on any atom is 0.0791 e. The fraction of sp³-hybridized carbons (Fsp3) is 1.00. The molecule has 0 amide bonds. The normalized spacial score (nSPS) is 29.2. The predicted molar refractivity (Wildman–Crippen MR) is 72.6 cm³/mol.